The molecule has 5 aromatic carbocycles. The molecule has 3 aliphatic carbocycles. The maximum absolute atomic E-state index is 14.1. The molecule has 1 unspecified atom stereocenters. The molecule has 2 bridgehead atoms. The van der Waals surface area contributed by atoms with Crippen molar-refractivity contribution in [3.8, 4) is 67.8 Å². The van der Waals surface area contributed by atoms with Gasteiger partial charge in [0.25, 0.3) is 5.54 Å². The molecular formula is C57H49BrN12O5. The third kappa shape index (κ3) is 9.45. The summed E-state index contributed by atoms with van der Waals surface area (Å²) in [5.41, 5.74) is 20.7. The number of nitrogens with one attached hydrogen (secondary N) is 4. The first kappa shape index (κ1) is 49.2. The van der Waals surface area contributed by atoms with Crippen molar-refractivity contribution < 1.29 is 19.2 Å². The standard InChI is InChI=1S/C33H27N5O4.C15H14N4O.C9H8BrN3/c1-32(19-33(38(40)41)25-14-5-3-11-23(25)28(32)24-12-4-6-15-26(24)33)30(39)37-31-35-18-27(36-31)21-10-7-9-20(17-21)22-13-8-16-34-29(22)42-2;1-20-14-12(6-3-7-17-14)10-4-2-5-11(8-10)13-9-18-15(16)19-13;10-7-3-1-2-6(4-7)8-5-12-9(11)13-8/h3-18,28H,19H2,1-2H3,(H2,35,36,37,39);2-9H,1H3,(H3,16,18,19);1-5H,(H3,11,12,13). The number of ether oxygens (including phenoxy) is 2. The van der Waals surface area contributed by atoms with Gasteiger partial charge < -0.3 is 35.9 Å². The summed E-state index contributed by atoms with van der Waals surface area (Å²) in [7, 11) is 3.20. The fourth-order valence-corrected chi connectivity index (χ4v) is 10.6. The molecule has 0 saturated heterocycles. The average molecular weight is 1060 g/mol. The number of anilines is 3. The van der Waals surface area contributed by atoms with E-state index >= 15 is 0 Å². The third-order valence-corrected chi connectivity index (χ3v) is 14.1. The fraction of sp³-hybridized carbons (Fsp3) is 0.123. The first-order valence-electron chi connectivity index (χ1n) is 23.7. The van der Waals surface area contributed by atoms with Crippen LogP contribution in [0.1, 0.15) is 41.5 Å². The van der Waals surface area contributed by atoms with Gasteiger partial charge in [0.2, 0.25) is 23.6 Å². The number of nitrogens with two attached hydrogens (primary N) is 2. The maximum Gasteiger partial charge on any atom is 0.273 e. The van der Waals surface area contributed by atoms with Gasteiger partial charge in [-0.25, -0.2) is 24.9 Å². The summed E-state index contributed by atoms with van der Waals surface area (Å²) in [5.74, 6) is 1.59. The molecule has 1 amide bonds. The highest BCUT2D eigenvalue weighted by Gasteiger charge is 2.67. The molecule has 18 heteroatoms. The van der Waals surface area contributed by atoms with Crippen LogP contribution in [0.2, 0.25) is 0 Å². The number of pyridine rings is 2. The fourth-order valence-electron chi connectivity index (χ4n) is 10.2. The van der Waals surface area contributed by atoms with E-state index in [2.05, 4.69) is 61.1 Å². The monoisotopic (exact) mass is 1060 g/mol. The molecule has 1 atom stereocenters. The normalized spacial score (nSPS) is 16.7. The van der Waals surface area contributed by atoms with Crippen LogP contribution in [-0.4, -0.2) is 64.9 Å². The van der Waals surface area contributed by atoms with Gasteiger partial charge in [0.05, 0.1) is 55.3 Å². The Bertz CT molecular complexity index is 3670. The van der Waals surface area contributed by atoms with Crippen molar-refractivity contribution >= 4 is 39.7 Å². The van der Waals surface area contributed by atoms with Crippen molar-refractivity contribution in [2.24, 2.45) is 5.41 Å². The Morgan fingerprint density at radius 2 is 1.09 bits per heavy atom. The molecule has 0 aliphatic heterocycles. The number of fused-ring (bicyclic) bond motifs is 1. The quantitative estimate of drug-likeness (QED) is 0.0552. The van der Waals surface area contributed by atoms with Gasteiger partial charge in [0.1, 0.15) is 0 Å². The molecular weight excluding hydrogens is 1010 g/mol. The number of aromatic nitrogens is 8. The van der Waals surface area contributed by atoms with Crippen LogP contribution < -0.4 is 26.3 Å². The van der Waals surface area contributed by atoms with Crippen LogP contribution >= 0.6 is 15.9 Å². The molecule has 374 valence electrons. The lowest BCUT2D eigenvalue weighted by Gasteiger charge is -2.52. The van der Waals surface area contributed by atoms with Crippen LogP contribution in [0.5, 0.6) is 11.8 Å². The summed E-state index contributed by atoms with van der Waals surface area (Å²) >= 11 is 3.40. The van der Waals surface area contributed by atoms with Gasteiger partial charge in [-0.1, -0.05) is 113 Å². The summed E-state index contributed by atoms with van der Waals surface area (Å²) in [6.45, 7) is 1.83. The minimum absolute atomic E-state index is 0.0417. The van der Waals surface area contributed by atoms with E-state index < -0.39 is 11.0 Å². The van der Waals surface area contributed by atoms with Crippen molar-refractivity contribution in [1.82, 2.24) is 39.9 Å². The van der Waals surface area contributed by atoms with Crippen LogP contribution in [0.4, 0.5) is 17.8 Å². The molecule has 3 aliphatic rings. The number of halogens is 1. The molecule has 0 radical (unpaired) electrons. The Kier molecular flexibility index (Phi) is 13.5. The number of hydrogen-bond acceptors (Lipinski definition) is 12. The van der Waals surface area contributed by atoms with E-state index in [1.54, 1.807) is 45.2 Å². The summed E-state index contributed by atoms with van der Waals surface area (Å²) in [6.07, 6.45) is 8.53. The highest BCUT2D eigenvalue weighted by atomic mass is 79.9. The lowest BCUT2D eigenvalue weighted by molar-refractivity contribution is -0.573. The SMILES string of the molecule is COc1ncccc1-c1cccc(-c2cnc(N)[nH]2)c1.COc1ncccc1-c1cccc(-c2cnc(NC(=O)C3(C)CC4([N+](=O)[O-])c5ccccc5C3c3ccccc34)[nH]2)c1.Nc1ncc(-c2cccc(Br)c2)[nH]1. The third-order valence-electron chi connectivity index (χ3n) is 13.6. The number of nitrogen functional groups attached to an aromatic ring is 2. The number of nitrogens with zero attached hydrogens (tertiary/aromatic N) is 6. The van der Waals surface area contributed by atoms with Crippen LogP contribution in [0.3, 0.4) is 0 Å². The van der Waals surface area contributed by atoms with Gasteiger partial charge >= 0.3 is 0 Å². The molecule has 0 fully saturated rings. The number of hydrogen-bond donors (Lipinski definition) is 6. The molecule has 10 aromatic rings. The van der Waals surface area contributed by atoms with E-state index in [0.29, 0.717) is 40.5 Å². The first-order valence-corrected chi connectivity index (χ1v) is 24.5. The number of amides is 1. The summed E-state index contributed by atoms with van der Waals surface area (Å²) < 4.78 is 11.8. The molecule has 0 saturated carbocycles. The Hall–Kier alpha value is -9.42. The van der Waals surface area contributed by atoms with E-state index in [4.69, 9.17) is 20.9 Å². The van der Waals surface area contributed by atoms with Gasteiger partial charge in [-0.15, -0.1) is 0 Å². The number of nitro groups is 1. The second-order valence-electron chi connectivity index (χ2n) is 18.1. The molecule has 17 nitrogen and oxygen atoms in total. The van der Waals surface area contributed by atoms with Crippen molar-refractivity contribution in [3.05, 3.63) is 213 Å². The van der Waals surface area contributed by atoms with Gasteiger partial charge in [-0.2, -0.15) is 0 Å². The zero-order chi connectivity index (χ0) is 52.3. The van der Waals surface area contributed by atoms with E-state index in [0.717, 1.165) is 65.9 Å². The Morgan fingerprint density at radius 3 is 1.57 bits per heavy atom. The van der Waals surface area contributed by atoms with E-state index in [1.807, 2.05) is 153 Å². The first-order chi connectivity index (χ1) is 36.4. The number of aromatic amines is 3. The highest BCUT2D eigenvalue weighted by Crippen LogP contribution is 2.64. The van der Waals surface area contributed by atoms with Crippen molar-refractivity contribution in [2.75, 3.05) is 31.0 Å². The predicted octanol–water partition coefficient (Wildman–Crippen LogP) is 11.3. The minimum atomic E-state index is -1.52. The van der Waals surface area contributed by atoms with Crippen LogP contribution in [-0.2, 0) is 10.3 Å². The zero-order valence-electron chi connectivity index (χ0n) is 40.8. The Balaban J connectivity index is 0.000000159. The number of carbonyl (C=O) groups is 1. The second-order valence-corrected chi connectivity index (χ2v) is 19.0. The summed E-state index contributed by atoms with van der Waals surface area (Å²) in [6, 6.07) is 46.4. The zero-order valence-corrected chi connectivity index (χ0v) is 42.4. The van der Waals surface area contributed by atoms with Crippen molar-refractivity contribution in [2.45, 2.75) is 24.8 Å². The van der Waals surface area contributed by atoms with Gasteiger partial charge in [-0.05, 0) is 77.7 Å². The van der Waals surface area contributed by atoms with Crippen molar-refractivity contribution in [1.29, 1.82) is 0 Å². The van der Waals surface area contributed by atoms with Crippen LogP contribution in [0.25, 0.3) is 56.0 Å². The van der Waals surface area contributed by atoms with E-state index in [-0.39, 0.29) is 29.1 Å². The molecule has 8 N–H and O–H groups in total. The number of rotatable bonds is 10. The largest absolute Gasteiger partial charge is 0.481 e. The van der Waals surface area contributed by atoms with E-state index in [1.165, 1.54) is 0 Å². The Labute approximate surface area is 439 Å². The van der Waals surface area contributed by atoms with Gasteiger partial charge in [-0.3, -0.25) is 20.2 Å². The molecule has 5 heterocycles. The number of imidazole rings is 3. The topological polar surface area (TPSA) is 255 Å². The Morgan fingerprint density at radius 1 is 0.627 bits per heavy atom. The molecule has 13 rings (SSSR count). The molecule has 5 aromatic heterocycles. The van der Waals surface area contributed by atoms with E-state index in [9.17, 15) is 14.9 Å². The smallest absolute Gasteiger partial charge is 0.273 e. The summed E-state index contributed by atoms with van der Waals surface area (Å²) in [4.78, 5) is 56.9. The second kappa shape index (κ2) is 20.6. The van der Waals surface area contributed by atoms with Crippen LogP contribution in [0, 0.1) is 15.5 Å². The lowest BCUT2D eigenvalue weighted by Crippen LogP contribution is -2.57. The number of benzene rings is 5. The number of carbonyl (C=O) groups excluding carboxylic acids is 1. The van der Waals surface area contributed by atoms with Crippen LogP contribution in [0.15, 0.2) is 181 Å². The predicted molar refractivity (Wildman–Crippen MR) is 292 cm³/mol. The van der Waals surface area contributed by atoms with Gasteiger partial charge in [0.15, 0.2) is 11.9 Å². The molecule has 75 heavy (non-hydrogen) atoms. The van der Waals surface area contributed by atoms with Crippen molar-refractivity contribution in [3.63, 3.8) is 0 Å². The maximum atomic E-state index is 14.1. The van der Waals surface area contributed by atoms with Gasteiger partial charge in [0, 0.05) is 73.1 Å². The lowest BCUT2D eigenvalue weighted by atomic mass is 9.49. The molecule has 0 spiro atoms. The summed E-state index contributed by atoms with van der Waals surface area (Å²) in [5, 5.41) is 15.9. The number of methoxy groups -OCH3 is 2. The number of H-pyrrole nitrogens is 3. The average Bonchev–Trinajstić information content (AvgIpc) is 4.26. The highest BCUT2D eigenvalue weighted by molar-refractivity contribution is 9.10. The minimum Gasteiger partial charge on any atom is -0.481 e.